The van der Waals surface area contributed by atoms with Crippen LogP contribution in [0.1, 0.15) is 57.1 Å². The molecule has 0 spiro atoms. The molecule has 2 aliphatic rings. The number of nitrogens with zero attached hydrogens (tertiary/aromatic N) is 4. The molecule has 1 saturated heterocycles. The summed E-state index contributed by atoms with van der Waals surface area (Å²) in [7, 11) is -3.16. The molecule has 8 heteroatoms. The maximum Gasteiger partial charge on any atom is 0.214 e. The molecule has 4 heterocycles. The highest BCUT2D eigenvalue weighted by atomic mass is 32.2. The summed E-state index contributed by atoms with van der Waals surface area (Å²) >= 11 is 0. The molecule has 1 atom stereocenters. The van der Waals surface area contributed by atoms with Crippen LogP contribution in [0.5, 0.6) is 0 Å². The zero-order valence-corrected chi connectivity index (χ0v) is 18.2. The Morgan fingerprint density at radius 2 is 1.97 bits per heavy atom. The van der Waals surface area contributed by atoms with Crippen molar-refractivity contribution in [1.29, 1.82) is 0 Å². The first kappa shape index (κ1) is 19.9. The van der Waals surface area contributed by atoms with Crippen LogP contribution in [0, 0.1) is 11.8 Å². The maximum absolute atomic E-state index is 12.9. The molecule has 3 aromatic rings. The number of aromatic nitrogens is 4. The van der Waals surface area contributed by atoms with Gasteiger partial charge in [-0.05, 0) is 56.4 Å². The van der Waals surface area contributed by atoms with Crippen LogP contribution in [0.25, 0.3) is 21.8 Å². The van der Waals surface area contributed by atoms with Crippen LogP contribution in [0.3, 0.4) is 0 Å². The fourth-order valence-corrected chi connectivity index (χ4v) is 7.35. The molecule has 0 amide bonds. The van der Waals surface area contributed by atoms with Crippen LogP contribution in [-0.2, 0) is 10.0 Å². The summed E-state index contributed by atoms with van der Waals surface area (Å²) in [4.78, 5) is 8.76. The van der Waals surface area contributed by atoms with E-state index in [4.69, 9.17) is 0 Å². The third kappa shape index (κ3) is 3.71. The van der Waals surface area contributed by atoms with Crippen molar-refractivity contribution in [2.24, 2.45) is 11.8 Å². The molecule has 0 bridgehead atoms. The van der Waals surface area contributed by atoms with Crippen LogP contribution in [0.2, 0.25) is 0 Å². The summed E-state index contributed by atoms with van der Waals surface area (Å²) in [6.45, 7) is 3.53. The van der Waals surface area contributed by atoms with Gasteiger partial charge in [0.2, 0.25) is 10.0 Å². The van der Waals surface area contributed by atoms with Crippen molar-refractivity contribution in [3.63, 3.8) is 0 Å². The summed E-state index contributed by atoms with van der Waals surface area (Å²) in [5, 5.41) is 10.8. The molecule has 30 heavy (non-hydrogen) atoms. The minimum absolute atomic E-state index is 0.244. The molecule has 1 aliphatic heterocycles. The fourth-order valence-electron chi connectivity index (χ4n) is 5.32. The van der Waals surface area contributed by atoms with Gasteiger partial charge >= 0.3 is 0 Å². The van der Waals surface area contributed by atoms with Gasteiger partial charge in [-0.15, -0.1) is 0 Å². The highest BCUT2D eigenvalue weighted by molar-refractivity contribution is 7.89. The molecule has 0 radical (unpaired) electrons. The van der Waals surface area contributed by atoms with E-state index in [0.717, 1.165) is 66.0 Å². The Hall–Kier alpha value is -2.06. The van der Waals surface area contributed by atoms with Gasteiger partial charge in [0, 0.05) is 53.3 Å². The number of hydrogen-bond acceptors (Lipinski definition) is 5. The lowest BCUT2D eigenvalue weighted by molar-refractivity contribution is 0.275. The minimum atomic E-state index is -3.16. The Balaban J connectivity index is 1.31. The lowest BCUT2D eigenvalue weighted by Crippen LogP contribution is -2.41. The third-order valence-corrected chi connectivity index (χ3v) is 8.95. The first-order valence-electron chi connectivity index (χ1n) is 11.1. The van der Waals surface area contributed by atoms with Crippen molar-refractivity contribution < 1.29 is 8.42 Å². The number of sulfonamides is 1. The van der Waals surface area contributed by atoms with E-state index in [1.165, 1.54) is 0 Å². The Kier molecular flexibility index (Phi) is 5.23. The first-order valence-corrected chi connectivity index (χ1v) is 12.7. The average molecular weight is 428 g/mol. The van der Waals surface area contributed by atoms with Crippen molar-refractivity contribution in [3.05, 3.63) is 30.4 Å². The molecule has 0 aromatic carbocycles. The molecule has 1 aliphatic carbocycles. The molecule has 5 rings (SSSR count). The van der Waals surface area contributed by atoms with Crippen molar-refractivity contribution >= 4 is 31.8 Å². The summed E-state index contributed by atoms with van der Waals surface area (Å²) < 4.78 is 27.6. The topological polar surface area (TPSA) is 91.8 Å². The van der Waals surface area contributed by atoms with Crippen LogP contribution < -0.4 is 0 Å². The number of pyridine rings is 1. The van der Waals surface area contributed by atoms with Gasteiger partial charge in [-0.2, -0.15) is 5.10 Å². The number of fused-ring (bicyclic) bond motifs is 3. The average Bonchev–Trinajstić information content (AvgIpc) is 3.23. The van der Waals surface area contributed by atoms with Crippen molar-refractivity contribution in [2.45, 2.75) is 51.4 Å². The van der Waals surface area contributed by atoms with Gasteiger partial charge in [-0.1, -0.05) is 6.92 Å². The fraction of sp³-hybridized carbons (Fsp3) is 0.591. The summed E-state index contributed by atoms with van der Waals surface area (Å²) in [5.41, 5.74) is 1.90. The summed E-state index contributed by atoms with van der Waals surface area (Å²) in [6, 6.07) is 2.01. The molecular formula is C22H29N5O2S. The van der Waals surface area contributed by atoms with Crippen molar-refractivity contribution in [3.8, 4) is 0 Å². The van der Waals surface area contributed by atoms with E-state index in [2.05, 4.69) is 27.1 Å². The molecule has 7 nitrogen and oxygen atoms in total. The minimum Gasteiger partial charge on any atom is -0.282 e. The highest BCUT2D eigenvalue weighted by Gasteiger charge is 2.32. The first-order chi connectivity index (χ1) is 14.5. The van der Waals surface area contributed by atoms with Crippen LogP contribution in [-0.4, -0.2) is 51.7 Å². The molecule has 1 N–H and O–H groups in total. The van der Waals surface area contributed by atoms with E-state index < -0.39 is 10.0 Å². The maximum atomic E-state index is 12.9. The quantitative estimate of drug-likeness (QED) is 0.683. The number of rotatable bonds is 4. The Bertz CT molecular complexity index is 1150. The van der Waals surface area contributed by atoms with Crippen molar-refractivity contribution in [1.82, 2.24) is 24.5 Å². The predicted molar refractivity (Wildman–Crippen MR) is 118 cm³/mol. The lowest BCUT2D eigenvalue weighted by atomic mass is 9.80. The second-order valence-electron chi connectivity index (χ2n) is 9.16. The Morgan fingerprint density at radius 3 is 2.77 bits per heavy atom. The van der Waals surface area contributed by atoms with E-state index in [1.54, 1.807) is 10.5 Å². The molecule has 160 valence electrons. The predicted octanol–water partition coefficient (Wildman–Crippen LogP) is 3.84. The summed E-state index contributed by atoms with van der Waals surface area (Å²) in [5.74, 6) is 1.37. The molecule has 3 aromatic heterocycles. The second kappa shape index (κ2) is 7.89. The Morgan fingerprint density at radius 1 is 1.13 bits per heavy atom. The normalized spacial score (nSPS) is 26.4. The summed E-state index contributed by atoms with van der Waals surface area (Å²) in [6.07, 6.45) is 11.4. The number of aromatic amines is 1. The smallest absolute Gasteiger partial charge is 0.214 e. The molecule has 1 saturated carbocycles. The number of H-pyrrole nitrogens is 1. The number of hydrogen-bond donors (Lipinski definition) is 1. The van der Waals surface area contributed by atoms with Gasteiger partial charge in [0.25, 0.3) is 0 Å². The molecular weight excluding hydrogens is 398 g/mol. The largest absolute Gasteiger partial charge is 0.282 e. The van der Waals surface area contributed by atoms with Crippen LogP contribution >= 0.6 is 0 Å². The van der Waals surface area contributed by atoms with E-state index in [-0.39, 0.29) is 5.92 Å². The number of piperidine rings is 1. The van der Waals surface area contributed by atoms with Crippen LogP contribution in [0.15, 0.2) is 24.7 Å². The van der Waals surface area contributed by atoms with Crippen molar-refractivity contribution in [2.75, 3.05) is 18.8 Å². The zero-order chi connectivity index (χ0) is 20.7. The van der Waals surface area contributed by atoms with E-state index in [0.29, 0.717) is 30.7 Å². The monoisotopic (exact) mass is 427 g/mol. The van der Waals surface area contributed by atoms with E-state index in [9.17, 15) is 8.42 Å². The van der Waals surface area contributed by atoms with Crippen LogP contribution in [0.4, 0.5) is 0 Å². The standard InChI is InChI=1S/C22H29N5O2S/c1-15-3-2-10-27(13-15)30(28,29)14-16-4-6-17(7-5-16)21-20-18(12-25-26-21)11-24-22-19(20)8-9-23-22/h8-9,11-12,15-17,26H,2-7,10,13-14H2,1H3. The Labute approximate surface area is 177 Å². The van der Waals surface area contributed by atoms with E-state index >= 15 is 0 Å². The number of nitrogens with one attached hydrogen (secondary N) is 1. The molecule has 2 fully saturated rings. The van der Waals surface area contributed by atoms with Gasteiger partial charge in [-0.3, -0.25) is 5.10 Å². The zero-order valence-electron chi connectivity index (χ0n) is 17.4. The lowest BCUT2D eigenvalue weighted by Gasteiger charge is -2.33. The molecule has 1 unspecified atom stereocenters. The SMILES string of the molecule is CC1CCCN(S(=O)(=O)CC2CCC(c3[nH]ncc4cnc5nccc5c34)CC2)C1. The highest BCUT2D eigenvalue weighted by Crippen LogP contribution is 2.39. The van der Waals surface area contributed by atoms with Gasteiger partial charge in [0.15, 0.2) is 5.65 Å². The van der Waals surface area contributed by atoms with Gasteiger partial charge in [0.05, 0.1) is 11.9 Å². The van der Waals surface area contributed by atoms with E-state index in [1.807, 2.05) is 18.5 Å². The van der Waals surface area contributed by atoms with Gasteiger partial charge in [0.1, 0.15) is 0 Å². The third-order valence-electron chi connectivity index (χ3n) is 6.94. The second-order valence-corrected chi connectivity index (χ2v) is 11.2. The van der Waals surface area contributed by atoms with Gasteiger partial charge < -0.3 is 0 Å². The van der Waals surface area contributed by atoms with Gasteiger partial charge in [-0.25, -0.2) is 22.7 Å².